The van der Waals surface area contributed by atoms with Gasteiger partial charge in [0.2, 0.25) is 5.91 Å². The maximum atomic E-state index is 14.4. The first-order chi connectivity index (χ1) is 19.8. The van der Waals surface area contributed by atoms with Gasteiger partial charge in [-0.05, 0) is 94.6 Å². The van der Waals surface area contributed by atoms with Crippen LogP contribution in [0.25, 0.3) is 0 Å². The summed E-state index contributed by atoms with van der Waals surface area (Å²) in [5.74, 6) is -0.132. The summed E-state index contributed by atoms with van der Waals surface area (Å²) >= 11 is 0. The number of phenolic OH excluding ortho intramolecular Hbond substituents is 1. The van der Waals surface area contributed by atoms with Crippen molar-refractivity contribution in [3.8, 4) is 11.5 Å². The molecule has 2 atom stereocenters. The maximum absolute atomic E-state index is 14.4. The maximum Gasteiger partial charge on any atom is 0.408 e. The van der Waals surface area contributed by atoms with Gasteiger partial charge in [0.25, 0.3) is 5.91 Å². The summed E-state index contributed by atoms with van der Waals surface area (Å²) in [6.07, 6.45) is -0.638. The number of anilines is 1. The molecule has 0 aliphatic heterocycles. The summed E-state index contributed by atoms with van der Waals surface area (Å²) < 4.78 is 10.7. The van der Waals surface area contributed by atoms with Crippen molar-refractivity contribution in [2.45, 2.75) is 71.7 Å². The minimum absolute atomic E-state index is 0.0837. The van der Waals surface area contributed by atoms with Crippen LogP contribution < -0.4 is 15.4 Å². The van der Waals surface area contributed by atoms with Crippen molar-refractivity contribution in [1.82, 2.24) is 10.2 Å². The number of rotatable bonds is 10. The molecule has 0 bridgehead atoms. The number of alkyl carbamates (subject to hydrolysis) is 1. The SMILES string of the molecule is COc1ccc(NC(=O)C(c2ccccc2C)N(C(=O)C(Cc2ccc(O)cc2)NC(=O)OC(C)(C)C)C(C)C)cc1. The van der Waals surface area contributed by atoms with Crippen LogP contribution in [0.3, 0.4) is 0 Å². The highest BCUT2D eigenvalue weighted by Crippen LogP contribution is 2.29. The first kappa shape index (κ1) is 32.0. The molecule has 3 rings (SSSR count). The fraction of sp³-hybridized carbons (Fsp3) is 0.364. The van der Waals surface area contributed by atoms with Crippen LogP contribution in [0.5, 0.6) is 11.5 Å². The first-order valence-corrected chi connectivity index (χ1v) is 13.9. The monoisotopic (exact) mass is 575 g/mol. The Labute approximate surface area is 247 Å². The Kier molecular flexibility index (Phi) is 10.6. The predicted octanol–water partition coefficient (Wildman–Crippen LogP) is 5.76. The van der Waals surface area contributed by atoms with E-state index in [1.807, 2.05) is 45.0 Å². The number of aryl methyl sites for hydroxylation is 1. The quantitative estimate of drug-likeness (QED) is 0.283. The first-order valence-electron chi connectivity index (χ1n) is 13.9. The van der Waals surface area contributed by atoms with Gasteiger partial charge in [0.1, 0.15) is 29.2 Å². The van der Waals surface area contributed by atoms with Crippen LogP contribution in [-0.2, 0) is 20.7 Å². The van der Waals surface area contributed by atoms with Gasteiger partial charge in [-0.25, -0.2) is 4.79 Å². The third kappa shape index (κ3) is 8.73. The molecule has 3 aromatic rings. The number of carbonyl (C=O) groups excluding carboxylic acids is 3. The van der Waals surface area contributed by atoms with Gasteiger partial charge >= 0.3 is 6.09 Å². The van der Waals surface area contributed by atoms with Crippen molar-refractivity contribution in [2.75, 3.05) is 12.4 Å². The van der Waals surface area contributed by atoms with E-state index in [0.29, 0.717) is 22.6 Å². The number of carbonyl (C=O) groups is 3. The largest absolute Gasteiger partial charge is 0.508 e. The van der Waals surface area contributed by atoms with Gasteiger partial charge in [0.05, 0.1) is 7.11 Å². The van der Waals surface area contributed by atoms with E-state index in [4.69, 9.17) is 9.47 Å². The number of ether oxygens (including phenoxy) is 2. The lowest BCUT2D eigenvalue weighted by atomic mass is 9.96. The molecule has 9 heteroatoms. The van der Waals surface area contributed by atoms with E-state index in [-0.39, 0.29) is 12.2 Å². The van der Waals surface area contributed by atoms with Gasteiger partial charge in [-0.3, -0.25) is 9.59 Å². The summed E-state index contributed by atoms with van der Waals surface area (Å²) in [6, 6.07) is 18.2. The normalized spacial score (nSPS) is 12.7. The highest BCUT2D eigenvalue weighted by molar-refractivity contribution is 5.99. The summed E-state index contributed by atoms with van der Waals surface area (Å²) in [4.78, 5) is 42.9. The second-order valence-electron chi connectivity index (χ2n) is 11.4. The number of hydrogen-bond donors (Lipinski definition) is 3. The van der Waals surface area contributed by atoms with Crippen LogP contribution in [0, 0.1) is 6.92 Å². The van der Waals surface area contributed by atoms with Gasteiger partial charge in [-0.1, -0.05) is 36.4 Å². The molecule has 2 unspecified atom stereocenters. The smallest absolute Gasteiger partial charge is 0.408 e. The molecule has 0 radical (unpaired) electrons. The van der Waals surface area contributed by atoms with E-state index < -0.39 is 41.6 Å². The van der Waals surface area contributed by atoms with Crippen LogP contribution in [0.1, 0.15) is 57.4 Å². The van der Waals surface area contributed by atoms with Crippen molar-refractivity contribution in [2.24, 2.45) is 0 Å². The fourth-order valence-corrected chi connectivity index (χ4v) is 4.57. The summed E-state index contributed by atoms with van der Waals surface area (Å²) in [5, 5.41) is 15.4. The second-order valence-corrected chi connectivity index (χ2v) is 11.4. The molecule has 3 amide bonds. The molecule has 3 aromatic carbocycles. The number of aromatic hydroxyl groups is 1. The Hall–Kier alpha value is -4.53. The number of phenols is 1. The van der Waals surface area contributed by atoms with E-state index in [0.717, 1.165) is 5.56 Å². The topological polar surface area (TPSA) is 117 Å². The molecular formula is C33H41N3O6. The van der Waals surface area contributed by atoms with Crippen LogP contribution in [0.15, 0.2) is 72.8 Å². The van der Waals surface area contributed by atoms with Crippen molar-refractivity contribution in [3.63, 3.8) is 0 Å². The van der Waals surface area contributed by atoms with E-state index in [1.54, 1.807) is 64.3 Å². The summed E-state index contributed by atoms with van der Waals surface area (Å²) in [5.41, 5.74) is 1.96. The fourth-order valence-electron chi connectivity index (χ4n) is 4.57. The zero-order valence-electron chi connectivity index (χ0n) is 25.3. The van der Waals surface area contributed by atoms with Gasteiger partial charge in [0, 0.05) is 18.2 Å². The molecule has 0 aliphatic carbocycles. The predicted molar refractivity (Wildman–Crippen MR) is 162 cm³/mol. The Morgan fingerprint density at radius 3 is 2.10 bits per heavy atom. The van der Waals surface area contributed by atoms with Crippen LogP contribution in [0.4, 0.5) is 10.5 Å². The van der Waals surface area contributed by atoms with Crippen LogP contribution in [-0.4, -0.2) is 52.7 Å². The third-order valence-corrected chi connectivity index (χ3v) is 6.54. The molecule has 0 saturated carbocycles. The highest BCUT2D eigenvalue weighted by Gasteiger charge is 2.38. The van der Waals surface area contributed by atoms with Crippen molar-refractivity contribution >= 4 is 23.6 Å². The molecule has 0 fully saturated rings. The average molecular weight is 576 g/mol. The lowest BCUT2D eigenvalue weighted by Crippen LogP contribution is -2.55. The number of hydrogen-bond acceptors (Lipinski definition) is 6. The summed E-state index contributed by atoms with van der Waals surface area (Å²) in [6.45, 7) is 10.8. The van der Waals surface area contributed by atoms with Crippen LogP contribution >= 0.6 is 0 Å². The number of amides is 3. The Morgan fingerprint density at radius 1 is 0.929 bits per heavy atom. The van der Waals surface area contributed by atoms with E-state index in [1.165, 1.54) is 17.0 Å². The molecule has 0 aliphatic rings. The zero-order valence-corrected chi connectivity index (χ0v) is 25.3. The minimum atomic E-state index is -1.06. The summed E-state index contributed by atoms with van der Waals surface area (Å²) in [7, 11) is 1.56. The molecule has 0 spiro atoms. The third-order valence-electron chi connectivity index (χ3n) is 6.54. The van der Waals surface area contributed by atoms with Crippen LogP contribution in [0.2, 0.25) is 0 Å². The lowest BCUT2D eigenvalue weighted by molar-refractivity contribution is -0.142. The number of nitrogens with one attached hydrogen (secondary N) is 2. The van der Waals surface area contributed by atoms with E-state index >= 15 is 0 Å². The zero-order chi connectivity index (χ0) is 31.0. The van der Waals surface area contributed by atoms with Crippen molar-refractivity contribution in [3.05, 3.63) is 89.5 Å². The minimum Gasteiger partial charge on any atom is -0.508 e. The number of benzene rings is 3. The van der Waals surface area contributed by atoms with Gasteiger partial charge in [0.15, 0.2) is 0 Å². The standard InChI is InChI=1S/C33H41N3O6/c1-21(2)36(31(39)28(35-32(40)42-33(4,5)6)20-23-12-16-25(37)17-13-23)29(27-11-9-8-10-22(27)3)30(38)34-24-14-18-26(41-7)19-15-24/h8-19,21,28-29,37H,20H2,1-7H3,(H,34,38)(H,35,40). The Morgan fingerprint density at radius 2 is 1.55 bits per heavy atom. The lowest BCUT2D eigenvalue weighted by Gasteiger charge is -2.37. The Balaban J connectivity index is 2.05. The molecular weight excluding hydrogens is 534 g/mol. The van der Waals surface area contributed by atoms with Crippen molar-refractivity contribution in [1.29, 1.82) is 0 Å². The average Bonchev–Trinajstić information content (AvgIpc) is 2.92. The van der Waals surface area contributed by atoms with Gasteiger partial charge < -0.3 is 30.1 Å². The van der Waals surface area contributed by atoms with Gasteiger partial charge in [-0.15, -0.1) is 0 Å². The van der Waals surface area contributed by atoms with E-state index in [9.17, 15) is 19.5 Å². The molecule has 0 aromatic heterocycles. The molecule has 3 N–H and O–H groups in total. The number of nitrogens with zero attached hydrogens (tertiary/aromatic N) is 1. The second kappa shape index (κ2) is 13.9. The molecule has 9 nitrogen and oxygen atoms in total. The number of methoxy groups -OCH3 is 1. The molecule has 0 saturated heterocycles. The molecule has 0 heterocycles. The van der Waals surface area contributed by atoms with Gasteiger partial charge in [-0.2, -0.15) is 0 Å². The highest BCUT2D eigenvalue weighted by atomic mass is 16.6. The van der Waals surface area contributed by atoms with E-state index in [2.05, 4.69) is 10.6 Å². The molecule has 224 valence electrons. The Bertz CT molecular complexity index is 1360. The van der Waals surface area contributed by atoms with Crippen molar-refractivity contribution < 1.29 is 29.0 Å². The molecule has 42 heavy (non-hydrogen) atoms.